The molecule has 0 fully saturated rings. The van der Waals surface area contributed by atoms with E-state index in [0.717, 1.165) is 0 Å². The molecule has 0 amide bonds. The molecule has 2 rings (SSSR count). The number of hydrogen-bond acceptors (Lipinski definition) is 3. The first-order valence-electron chi connectivity index (χ1n) is 5.11. The van der Waals surface area contributed by atoms with Gasteiger partial charge < -0.3 is 9.63 Å². The fraction of sp³-hybridized carbons (Fsp3) is 0.167. The third-order valence-electron chi connectivity index (χ3n) is 2.49. The quantitative estimate of drug-likeness (QED) is 0.945. The van der Waals surface area contributed by atoms with E-state index < -0.39 is 11.8 Å². The van der Waals surface area contributed by atoms with E-state index in [1.165, 1.54) is 12.1 Å². The summed E-state index contributed by atoms with van der Waals surface area (Å²) >= 11 is 3.05. The Bertz CT molecular complexity index is 609. The van der Waals surface area contributed by atoms with Crippen molar-refractivity contribution in [2.45, 2.75) is 13.3 Å². The first-order chi connectivity index (χ1) is 8.49. The van der Waals surface area contributed by atoms with E-state index in [4.69, 9.17) is 9.63 Å². The number of aliphatic carboxylic acids is 1. The maximum atomic E-state index is 13.4. The number of carboxylic acid groups (broad SMARTS) is 1. The first-order valence-corrected chi connectivity index (χ1v) is 5.90. The standard InChI is InChI=1S/C12H9BrFNO3/c1-6-8(5-11(16)17)12(18-15-6)7-2-3-9(13)10(14)4-7/h2-4H,5H2,1H3,(H,16,17). The number of carbonyl (C=O) groups is 1. The lowest BCUT2D eigenvalue weighted by Gasteiger charge is -2.01. The van der Waals surface area contributed by atoms with Gasteiger partial charge in [0.1, 0.15) is 5.82 Å². The van der Waals surface area contributed by atoms with Crippen LogP contribution in [0.1, 0.15) is 11.3 Å². The van der Waals surface area contributed by atoms with Crippen LogP contribution < -0.4 is 0 Å². The summed E-state index contributed by atoms with van der Waals surface area (Å²) in [5.41, 5.74) is 1.42. The van der Waals surface area contributed by atoms with Gasteiger partial charge >= 0.3 is 5.97 Å². The van der Waals surface area contributed by atoms with E-state index in [2.05, 4.69) is 21.1 Å². The minimum atomic E-state index is -0.986. The number of hydrogen-bond donors (Lipinski definition) is 1. The van der Waals surface area contributed by atoms with Gasteiger partial charge in [-0.25, -0.2) is 4.39 Å². The smallest absolute Gasteiger partial charge is 0.308 e. The number of nitrogens with zero attached hydrogens (tertiary/aromatic N) is 1. The Hall–Kier alpha value is -1.69. The van der Waals surface area contributed by atoms with Gasteiger partial charge in [0.05, 0.1) is 16.6 Å². The summed E-state index contributed by atoms with van der Waals surface area (Å²) in [6.07, 6.45) is -0.206. The van der Waals surface area contributed by atoms with Crippen molar-refractivity contribution in [2.24, 2.45) is 0 Å². The highest BCUT2D eigenvalue weighted by Crippen LogP contribution is 2.29. The molecule has 1 heterocycles. The van der Waals surface area contributed by atoms with Crippen LogP contribution in [0, 0.1) is 12.7 Å². The molecule has 0 atom stereocenters. The molecular formula is C12H9BrFNO3. The van der Waals surface area contributed by atoms with Crippen LogP contribution in [0.15, 0.2) is 27.2 Å². The minimum absolute atomic E-state index is 0.206. The normalized spacial score (nSPS) is 10.6. The molecule has 0 aliphatic heterocycles. The molecule has 0 bridgehead atoms. The molecule has 18 heavy (non-hydrogen) atoms. The molecule has 1 N–H and O–H groups in total. The fourth-order valence-electron chi connectivity index (χ4n) is 1.61. The predicted octanol–water partition coefficient (Wildman–Crippen LogP) is 3.18. The number of aryl methyl sites for hydroxylation is 1. The van der Waals surface area contributed by atoms with Gasteiger partial charge in [0.25, 0.3) is 0 Å². The minimum Gasteiger partial charge on any atom is -0.481 e. The third-order valence-corrected chi connectivity index (χ3v) is 3.14. The zero-order chi connectivity index (χ0) is 13.3. The Morgan fingerprint density at radius 3 is 2.89 bits per heavy atom. The summed E-state index contributed by atoms with van der Waals surface area (Å²) in [6, 6.07) is 4.45. The predicted molar refractivity (Wildman–Crippen MR) is 65.7 cm³/mol. The molecule has 0 aliphatic carbocycles. The van der Waals surface area contributed by atoms with Gasteiger partial charge in [-0.1, -0.05) is 5.16 Å². The van der Waals surface area contributed by atoms with E-state index in [9.17, 15) is 9.18 Å². The van der Waals surface area contributed by atoms with Crippen molar-refractivity contribution >= 4 is 21.9 Å². The molecule has 2 aromatic rings. The van der Waals surface area contributed by atoms with Gasteiger partial charge in [-0.05, 0) is 41.1 Å². The molecule has 0 spiro atoms. The molecule has 0 saturated heterocycles. The second-order valence-electron chi connectivity index (χ2n) is 3.78. The number of rotatable bonds is 3. The van der Waals surface area contributed by atoms with Crippen molar-refractivity contribution in [3.63, 3.8) is 0 Å². The summed E-state index contributed by atoms with van der Waals surface area (Å²) < 4.78 is 18.9. The Labute approximate surface area is 111 Å². The summed E-state index contributed by atoms with van der Waals surface area (Å²) in [5.74, 6) is -1.13. The van der Waals surface area contributed by atoms with E-state index in [1.807, 2.05) is 0 Å². The fourth-order valence-corrected chi connectivity index (χ4v) is 1.86. The molecule has 94 valence electrons. The number of aromatic nitrogens is 1. The van der Waals surface area contributed by atoms with Gasteiger partial charge in [-0.3, -0.25) is 4.79 Å². The largest absolute Gasteiger partial charge is 0.481 e. The maximum absolute atomic E-state index is 13.4. The van der Waals surface area contributed by atoms with Crippen molar-refractivity contribution in [2.75, 3.05) is 0 Å². The number of carboxylic acids is 1. The van der Waals surface area contributed by atoms with Crippen molar-refractivity contribution < 1.29 is 18.8 Å². The molecule has 4 nitrogen and oxygen atoms in total. The summed E-state index contributed by atoms with van der Waals surface area (Å²) in [4.78, 5) is 10.8. The van der Waals surface area contributed by atoms with E-state index in [-0.39, 0.29) is 6.42 Å². The van der Waals surface area contributed by atoms with Gasteiger partial charge in [0, 0.05) is 11.1 Å². The lowest BCUT2D eigenvalue weighted by atomic mass is 10.0. The van der Waals surface area contributed by atoms with E-state index >= 15 is 0 Å². The van der Waals surface area contributed by atoms with Gasteiger partial charge in [0.15, 0.2) is 5.76 Å². The Morgan fingerprint density at radius 2 is 2.28 bits per heavy atom. The number of benzene rings is 1. The van der Waals surface area contributed by atoms with Crippen LogP contribution in [0.4, 0.5) is 4.39 Å². The molecule has 0 radical (unpaired) electrons. The zero-order valence-corrected chi connectivity index (χ0v) is 11.0. The summed E-state index contributed by atoms with van der Waals surface area (Å²) in [7, 11) is 0. The lowest BCUT2D eigenvalue weighted by Crippen LogP contribution is -2.01. The Morgan fingerprint density at radius 1 is 1.56 bits per heavy atom. The molecule has 0 aliphatic rings. The molecule has 6 heteroatoms. The van der Waals surface area contributed by atoms with Crippen LogP contribution in [0.5, 0.6) is 0 Å². The lowest BCUT2D eigenvalue weighted by molar-refractivity contribution is -0.136. The van der Waals surface area contributed by atoms with Crippen molar-refractivity contribution in [1.82, 2.24) is 5.16 Å². The molecular weight excluding hydrogens is 305 g/mol. The molecule has 0 unspecified atom stereocenters. The third kappa shape index (κ3) is 2.43. The van der Waals surface area contributed by atoms with Crippen molar-refractivity contribution in [3.8, 4) is 11.3 Å². The average molecular weight is 314 g/mol. The Balaban J connectivity index is 2.50. The van der Waals surface area contributed by atoms with Crippen molar-refractivity contribution in [3.05, 3.63) is 39.7 Å². The van der Waals surface area contributed by atoms with Crippen LogP contribution in [-0.4, -0.2) is 16.2 Å². The van der Waals surface area contributed by atoms with Crippen LogP contribution in [0.3, 0.4) is 0 Å². The van der Waals surface area contributed by atoms with Crippen LogP contribution in [0.25, 0.3) is 11.3 Å². The molecule has 1 aromatic carbocycles. The van der Waals surface area contributed by atoms with Crippen LogP contribution >= 0.6 is 15.9 Å². The van der Waals surface area contributed by atoms with Crippen LogP contribution in [0.2, 0.25) is 0 Å². The highest BCUT2D eigenvalue weighted by Gasteiger charge is 2.18. The Kier molecular flexibility index (Phi) is 3.47. The second-order valence-corrected chi connectivity index (χ2v) is 4.63. The van der Waals surface area contributed by atoms with Gasteiger partial charge in [-0.15, -0.1) is 0 Å². The molecule has 0 saturated carbocycles. The summed E-state index contributed by atoms with van der Waals surface area (Å²) in [6.45, 7) is 1.65. The highest BCUT2D eigenvalue weighted by atomic mass is 79.9. The van der Waals surface area contributed by atoms with E-state index in [0.29, 0.717) is 27.1 Å². The number of halogens is 2. The van der Waals surface area contributed by atoms with E-state index in [1.54, 1.807) is 13.0 Å². The first kappa shape index (κ1) is 12.8. The van der Waals surface area contributed by atoms with Crippen molar-refractivity contribution in [1.29, 1.82) is 0 Å². The summed E-state index contributed by atoms with van der Waals surface area (Å²) in [5, 5.41) is 12.6. The monoisotopic (exact) mass is 313 g/mol. The SMILES string of the molecule is Cc1noc(-c2ccc(Br)c(F)c2)c1CC(=O)O. The maximum Gasteiger partial charge on any atom is 0.308 e. The van der Waals surface area contributed by atoms with Crippen LogP contribution in [-0.2, 0) is 11.2 Å². The topological polar surface area (TPSA) is 63.3 Å². The van der Waals surface area contributed by atoms with Gasteiger partial charge in [-0.2, -0.15) is 0 Å². The van der Waals surface area contributed by atoms with Gasteiger partial charge in [0.2, 0.25) is 0 Å². The highest BCUT2D eigenvalue weighted by molar-refractivity contribution is 9.10. The molecule has 1 aromatic heterocycles. The average Bonchev–Trinajstić information content (AvgIpc) is 2.64. The second kappa shape index (κ2) is 4.89. The zero-order valence-electron chi connectivity index (χ0n) is 9.41.